The molecule has 552 valence electrons. The zero-order valence-corrected chi connectivity index (χ0v) is 62.1. The van der Waals surface area contributed by atoms with Crippen molar-refractivity contribution in [3.8, 4) is 0 Å². The van der Waals surface area contributed by atoms with Crippen molar-refractivity contribution >= 4 is 86.7 Å². The van der Waals surface area contributed by atoms with Crippen molar-refractivity contribution in [3.63, 3.8) is 0 Å². The van der Waals surface area contributed by atoms with E-state index in [1.807, 2.05) is 80.6 Å². The average molecular weight is 1410 g/mol. The number of likely N-dealkylation sites (N-methyl/N-ethyl adjacent to an activating group) is 2. The molecule has 0 aromatic heterocycles. The van der Waals surface area contributed by atoms with E-state index in [1.54, 1.807) is 42.5 Å². The largest absolute Gasteiger partial charge is 0.379 e. The van der Waals surface area contributed by atoms with Gasteiger partial charge in [0, 0.05) is 57.6 Å². The number of ether oxygens (including phenoxy) is 5. The fraction of sp³-hybridized carbons (Fsp3) is 0.761. The lowest BCUT2D eigenvalue weighted by atomic mass is 9.85. The van der Waals surface area contributed by atoms with Crippen molar-refractivity contribution in [2.75, 3.05) is 106 Å². The number of amides is 11. The van der Waals surface area contributed by atoms with Crippen molar-refractivity contribution in [2.24, 2.45) is 41.2 Å². The number of carbonyl (C=O) groups is 10. The molecule has 2 aliphatic rings. The quantitative estimate of drug-likeness (QED) is 0.0360. The molecule has 30 heteroatoms. The summed E-state index contributed by atoms with van der Waals surface area (Å²) in [5.41, 5.74) is 5.38. The molecule has 1 aromatic rings. The summed E-state index contributed by atoms with van der Waals surface area (Å²) in [5, 5.41) is 13.5. The maximum absolute atomic E-state index is 14.5. The van der Waals surface area contributed by atoms with Gasteiger partial charge in [0.1, 0.15) is 18.1 Å². The molecule has 0 spiro atoms. The second-order valence-electron chi connectivity index (χ2n) is 26.4. The average Bonchev–Trinajstić information content (AvgIpc) is 1.68. The summed E-state index contributed by atoms with van der Waals surface area (Å²) < 4.78 is 58.2. The highest BCUT2D eigenvalue weighted by atomic mass is 32.2. The normalized spacial score (nSPS) is 18.1. The highest BCUT2D eigenvalue weighted by Gasteiger charge is 2.49. The second kappa shape index (κ2) is 41.5. The molecule has 2 heterocycles. The number of methoxy groups -OCH3 is 2. The topological polar surface area (TPSA) is 362 Å². The first kappa shape index (κ1) is 85.2. The number of urea groups is 1. The highest BCUT2D eigenvalue weighted by Crippen LogP contribution is 2.43. The van der Waals surface area contributed by atoms with Gasteiger partial charge in [-0.15, -0.1) is 0 Å². The Kier molecular flexibility index (Phi) is 36.5. The van der Waals surface area contributed by atoms with E-state index in [-0.39, 0.29) is 153 Å². The number of nitrogens with two attached hydrogens (primary N) is 1. The Balaban J connectivity index is 1.60. The number of nitrogens with one attached hydrogen (secondary N) is 6. The summed E-state index contributed by atoms with van der Waals surface area (Å²) >= 11 is 1.64. The first-order valence-corrected chi connectivity index (χ1v) is 36.7. The van der Waals surface area contributed by atoms with Crippen LogP contribution in [0.4, 0.5) is 10.5 Å². The molecule has 0 radical (unpaired) electrons. The molecule has 3 rings (SSSR count). The highest BCUT2D eigenvalue weighted by molar-refractivity contribution is 8.00. The number of likely N-dealkylation sites (tertiary alicyclic amines) is 2. The summed E-state index contributed by atoms with van der Waals surface area (Å²) in [6, 6.07) is -0.686. The minimum Gasteiger partial charge on any atom is -0.379 e. The number of thioether (sulfide) groups is 1. The van der Waals surface area contributed by atoms with Crippen LogP contribution in [0.15, 0.2) is 29.2 Å². The SMILES string of the molecule is CC[C@H](C)[C@@H]([C@@H](CC(=O)N1CCC[C@H]1[C@H](OC)[C@@H](C)C(=O)NS(=O)(=O)c1ccc(NC(=O)[C@H](CCCNC(N)=O)NC(=O)[C@@H](NC(=O)CCOCCOCCOCCN2C(=O)CC(C(CC)(CC)SC)C2=O)C(C)C)cc1)OC)N(C)C(=O)[C@@H](NC(=O)[C@H](C(C)C)N(C)C)C(C)C. The fourth-order valence-corrected chi connectivity index (χ4v) is 14.9. The van der Waals surface area contributed by atoms with Crippen molar-refractivity contribution in [3.05, 3.63) is 24.3 Å². The van der Waals surface area contributed by atoms with E-state index in [0.717, 1.165) is 12.8 Å². The Morgan fingerprint density at radius 2 is 1.35 bits per heavy atom. The third kappa shape index (κ3) is 25.0. The van der Waals surface area contributed by atoms with Crippen LogP contribution in [0.1, 0.15) is 140 Å². The lowest BCUT2D eigenvalue weighted by Gasteiger charge is -2.41. The number of benzene rings is 1. The van der Waals surface area contributed by atoms with Gasteiger partial charge in [-0.3, -0.25) is 53.0 Å². The summed E-state index contributed by atoms with van der Waals surface area (Å²) in [6.45, 7) is 22.2. The molecular formula is C67H115N11O17S2. The van der Waals surface area contributed by atoms with Crippen LogP contribution in [0.2, 0.25) is 0 Å². The third-order valence-corrected chi connectivity index (χ3v) is 21.7. The number of rotatable bonds is 45. The van der Waals surface area contributed by atoms with E-state index in [4.69, 9.17) is 29.4 Å². The summed E-state index contributed by atoms with van der Waals surface area (Å²) in [5.74, 6) is -6.31. The number of hydrogen-bond donors (Lipinski definition) is 7. The van der Waals surface area contributed by atoms with E-state index in [0.29, 0.717) is 25.8 Å². The standard InChI is InChI=1S/C67H115N11O17S2/c1-18-44(10)58(76(14)65(87)56(42(6)7)73-63(85)57(43(8)9)75(12)13)51(91-15)40-54(81)77-31-22-24-50(77)59(92-16)45(11)60(82)74-97(89,90)47-27-25-46(26-28-47)70-61(83)49(23-21-30-69-66(68)88)71-62(84)55(41(4)5)72-52(79)29-33-93-35-37-95-38-36-94-34-32-78-53(80)39-48(64(78)86)67(19-2,20-3)96-17/h25-28,41-45,48-51,55-59H,18-24,29-40H2,1-17H3,(H,70,83)(H,71,84)(H,72,79)(H,73,85)(H,74,82)(H3,68,69,88)/t44-,45+,48?,49-,50-,51+,55-,56-,57-,58-,59+/m0/s1. The van der Waals surface area contributed by atoms with Crippen molar-refractivity contribution in [1.29, 1.82) is 0 Å². The number of imide groups is 1. The zero-order valence-electron chi connectivity index (χ0n) is 60.5. The van der Waals surface area contributed by atoms with Crippen LogP contribution in [0.3, 0.4) is 0 Å². The molecule has 0 saturated carbocycles. The molecule has 28 nitrogen and oxygen atoms in total. The van der Waals surface area contributed by atoms with Gasteiger partial charge in [0.15, 0.2) is 0 Å². The van der Waals surface area contributed by atoms with E-state index in [1.165, 1.54) is 50.3 Å². The molecule has 2 aliphatic heterocycles. The van der Waals surface area contributed by atoms with Crippen molar-refractivity contribution in [1.82, 2.24) is 45.6 Å². The predicted octanol–water partition coefficient (Wildman–Crippen LogP) is 3.89. The second-order valence-corrected chi connectivity index (χ2v) is 29.3. The molecular weight excluding hydrogens is 1290 g/mol. The minimum absolute atomic E-state index is 0.00777. The number of primary amides is 1. The van der Waals surface area contributed by atoms with E-state index in [2.05, 4.69) is 31.3 Å². The first-order valence-electron chi connectivity index (χ1n) is 34.0. The van der Waals surface area contributed by atoms with Gasteiger partial charge >= 0.3 is 6.03 Å². The Morgan fingerprint density at radius 1 is 0.753 bits per heavy atom. The molecule has 0 bridgehead atoms. The van der Waals surface area contributed by atoms with Gasteiger partial charge in [-0.05, 0) is 107 Å². The van der Waals surface area contributed by atoms with Crippen molar-refractivity contribution < 1.29 is 80.0 Å². The van der Waals surface area contributed by atoms with Crippen LogP contribution in [-0.2, 0) is 76.9 Å². The molecule has 0 aliphatic carbocycles. The monoisotopic (exact) mass is 1410 g/mol. The molecule has 11 amide bonds. The Hall–Kier alpha value is -6.02. The molecule has 2 saturated heterocycles. The van der Waals surface area contributed by atoms with Gasteiger partial charge in [0.25, 0.3) is 10.0 Å². The summed E-state index contributed by atoms with van der Waals surface area (Å²) in [6.07, 6.45) is 3.67. The number of hydrogen-bond acceptors (Lipinski definition) is 19. The van der Waals surface area contributed by atoms with Gasteiger partial charge in [-0.25, -0.2) is 17.9 Å². The van der Waals surface area contributed by atoms with Gasteiger partial charge in [0.05, 0.1) is 99.7 Å². The van der Waals surface area contributed by atoms with Crippen LogP contribution >= 0.6 is 11.8 Å². The van der Waals surface area contributed by atoms with E-state index >= 15 is 0 Å². The van der Waals surface area contributed by atoms with Crippen LogP contribution in [0.5, 0.6) is 0 Å². The third-order valence-electron chi connectivity index (χ3n) is 18.6. The van der Waals surface area contributed by atoms with Gasteiger partial charge in [-0.2, -0.15) is 11.8 Å². The van der Waals surface area contributed by atoms with Crippen LogP contribution in [0, 0.1) is 35.5 Å². The molecule has 11 atom stereocenters. The molecule has 8 N–H and O–H groups in total. The molecule has 1 unspecified atom stereocenters. The smallest absolute Gasteiger partial charge is 0.312 e. The van der Waals surface area contributed by atoms with Gasteiger partial charge in [0.2, 0.25) is 53.2 Å². The maximum Gasteiger partial charge on any atom is 0.312 e. The number of anilines is 1. The lowest BCUT2D eigenvalue weighted by molar-refractivity contribution is -0.148. The molecule has 2 fully saturated rings. The molecule has 97 heavy (non-hydrogen) atoms. The first-order chi connectivity index (χ1) is 45.7. The number of nitrogens with zero attached hydrogens (tertiary/aromatic N) is 4. The van der Waals surface area contributed by atoms with Gasteiger partial charge in [-0.1, -0.05) is 82.6 Å². The number of carbonyl (C=O) groups excluding carboxylic acids is 10. The van der Waals surface area contributed by atoms with Crippen LogP contribution in [0.25, 0.3) is 0 Å². The zero-order chi connectivity index (χ0) is 73.1. The maximum atomic E-state index is 14.5. The van der Waals surface area contributed by atoms with E-state index < -0.39 is 100.0 Å². The van der Waals surface area contributed by atoms with E-state index in [9.17, 15) is 56.4 Å². The summed E-state index contributed by atoms with van der Waals surface area (Å²) in [7, 11) is 3.63. The predicted molar refractivity (Wildman–Crippen MR) is 370 cm³/mol. The lowest BCUT2D eigenvalue weighted by Crippen LogP contribution is -2.59. The summed E-state index contributed by atoms with van der Waals surface area (Å²) in [4.78, 5) is 140. The van der Waals surface area contributed by atoms with Crippen molar-refractivity contribution in [2.45, 2.75) is 198 Å². The molecule has 1 aromatic carbocycles. The van der Waals surface area contributed by atoms with Gasteiger partial charge < -0.3 is 65.8 Å². The Bertz CT molecular complexity index is 2830. The Morgan fingerprint density at radius 3 is 1.88 bits per heavy atom. The number of sulfonamides is 1. The van der Waals surface area contributed by atoms with Crippen LogP contribution < -0.4 is 37.0 Å². The van der Waals surface area contributed by atoms with Crippen LogP contribution in [-0.4, -0.2) is 241 Å². The minimum atomic E-state index is -4.53. The fourth-order valence-electron chi connectivity index (χ4n) is 12.8. The Labute approximate surface area is 579 Å².